The lowest BCUT2D eigenvalue weighted by Gasteiger charge is -2.13. The monoisotopic (exact) mass is 331 g/mol. The predicted molar refractivity (Wildman–Crippen MR) is 80.6 cm³/mol. The van der Waals surface area contributed by atoms with Gasteiger partial charge in [0.1, 0.15) is 0 Å². The number of halogens is 3. The van der Waals surface area contributed by atoms with Gasteiger partial charge in [0.05, 0.1) is 17.0 Å². The molecule has 0 aliphatic heterocycles. The largest absolute Gasteiger partial charge is 0.418 e. The summed E-state index contributed by atoms with van der Waals surface area (Å²) in [7, 11) is 0. The van der Waals surface area contributed by atoms with Gasteiger partial charge in [0.15, 0.2) is 0 Å². The van der Waals surface area contributed by atoms with Crippen LogP contribution < -0.4 is 5.32 Å². The van der Waals surface area contributed by atoms with Crippen molar-refractivity contribution in [2.75, 3.05) is 11.1 Å². The topological polar surface area (TPSA) is 29.1 Å². The summed E-state index contributed by atoms with van der Waals surface area (Å²) < 4.78 is 38.3. The van der Waals surface area contributed by atoms with E-state index < -0.39 is 17.6 Å². The van der Waals surface area contributed by atoms with Crippen LogP contribution in [0.2, 0.25) is 0 Å². The van der Waals surface area contributed by atoms with Crippen LogP contribution in [0.5, 0.6) is 0 Å². The first-order valence-corrected chi connectivity index (χ1v) is 8.06. The van der Waals surface area contributed by atoms with Gasteiger partial charge in [-0.15, -0.1) is 23.1 Å². The van der Waals surface area contributed by atoms with Gasteiger partial charge in [0.2, 0.25) is 5.91 Å². The molecule has 2 aromatic rings. The molecule has 1 aromatic heterocycles. The predicted octanol–water partition coefficient (Wildman–Crippen LogP) is 4.64. The molecule has 0 fully saturated rings. The van der Waals surface area contributed by atoms with Crippen molar-refractivity contribution in [3.8, 4) is 0 Å². The minimum Gasteiger partial charge on any atom is -0.325 e. The maximum Gasteiger partial charge on any atom is 0.418 e. The van der Waals surface area contributed by atoms with Crippen molar-refractivity contribution >= 4 is 34.7 Å². The molecular formula is C14H12F3NOS2. The van der Waals surface area contributed by atoms with E-state index in [-0.39, 0.29) is 11.4 Å². The first kappa shape index (κ1) is 15.9. The summed E-state index contributed by atoms with van der Waals surface area (Å²) in [5.74, 6) is 0.351. The van der Waals surface area contributed by atoms with Crippen LogP contribution in [-0.4, -0.2) is 11.7 Å². The summed E-state index contributed by atoms with van der Waals surface area (Å²) in [5, 5.41) is 4.26. The molecule has 1 amide bonds. The van der Waals surface area contributed by atoms with Crippen molar-refractivity contribution in [1.82, 2.24) is 0 Å². The standard InChI is InChI=1S/C14H12F3NOS2/c15-14(16,17)11-5-1-2-6-12(11)18-13(19)9-20-8-10-4-3-7-21-10/h1-7H,8-9H2,(H,18,19). The number of carbonyl (C=O) groups excluding carboxylic acids is 1. The van der Waals surface area contributed by atoms with Crippen molar-refractivity contribution < 1.29 is 18.0 Å². The van der Waals surface area contributed by atoms with Gasteiger partial charge >= 0.3 is 6.18 Å². The fraction of sp³-hybridized carbons (Fsp3) is 0.214. The van der Waals surface area contributed by atoms with Crippen LogP contribution in [0.3, 0.4) is 0 Å². The Morgan fingerprint density at radius 2 is 1.95 bits per heavy atom. The molecule has 0 spiro atoms. The van der Waals surface area contributed by atoms with Gasteiger partial charge in [-0.1, -0.05) is 18.2 Å². The van der Waals surface area contributed by atoms with Crippen molar-refractivity contribution in [1.29, 1.82) is 0 Å². The van der Waals surface area contributed by atoms with Gasteiger partial charge < -0.3 is 5.32 Å². The number of nitrogens with one attached hydrogen (secondary N) is 1. The number of hydrogen-bond acceptors (Lipinski definition) is 3. The highest BCUT2D eigenvalue weighted by molar-refractivity contribution is 7.99. The van der Waals surface area contributed by atoms with E-state index in [0.29, 0.717) is 5.75 Å². The highest BCUT2D eigenvalue weighted by Crippen LogP contribution is 2.34. The van der Waals surface area contributed by atoms with E-state index >= 15 is 0 Å². The molecule has 0 aliphatic rings. The molecule has 0 bridgehead atoms. The van der Waals surface area contributed by atoms with Crippen LogP contribution in [0.15, 0.2) is 41.8 Å². The Labute approximate surface area is 128 Å². The average Bonchev–Trinajstić information content (AvgIpc) is 2.91. The van der Waals surface area contributed by atoms with Gasteiger partial charge in [-0.3, -0.25) is 4.79 Å². The molecule has 112 valence electrons. The number of carbonyl (C=O) groups is 1. The van der Waals surface area contributed by atoms with Gasteiger partial charge in [0, 0.05) is 10.6 Å². The molecule has 0 atom stereocenters. The van der Waals surface area contributed by atoms with Gasteiger partial charge in [-0.2, -0.15) is 13.2 Å². The summed E-state index contributed by atoms with van der Waals surface area (Å²) in [6, 6.07) is 8.83. The molecule has 0 saturated carbocycles. The van der Waals surface area contributed by atoms with Crippen LogP contribution in [0.1, 0.15) is 10.4 Å². The first-order valence-electron chi connectivity index (χ1n) is 6.03. The second-order valence-electron chi connectivity index (χ2n) is 4.16. The minimum atomic E-state index is -4.48. The van der Waals surface area contributed by atoms with Crippen LogP contribution in [0.4, 0.5) is 18.9 Å². The lowest BCUT2D eigenvalue weighted by atomic mass is 10.1. The highest BCUT2D eigenvalue weighted by Gasteiger charge is 2.33. The van der Waals surface area contributed by atoms with Gasteiger partial charge in [-0.05, 0) is 23.6 Å². The SMILES string of the molecule is O=C(CSCc1cccs1)Nc1ccccc1C(F)(F)F. The second kappa shape index (κ2) is 7.00. The van der Waals surface area contributed by atoms with Crippen LogP contribution in [0, 0.1) is 0 Å². The molecule has 7 heteroatoms. The number of anilines is 1. The number of hydrogen-bond donors (Lipinski definition) is 1. The van der Waals surface area contributed by atoms with E-state index in [4.69, 9.17) is 0 Å². The number of thiophene rings is 1. The number of para-hydroxylation sites is 1. The molecule has 2 nitrogen and oxygen atoms in total. The Morgan fingerprint density at radius 1 is 1.19 bits per heavy atom. The minimum absolute atomic E-state index is 0.115. The lowest BCUT2D eigenvalue weighted by molar-refractivity contribution is -0.137. The summed E-state index contributed by atoms with van der Waals surface area (Å²) in [5.41, 5.74) is -1.03. The van der Waals surface area contributed by atoms with Gasteiger partial charge in [0.25, 0.3) is 0 Å². The van der Waals surface area contributed by atoms with E-state index in [1.54, 1.807) is 11.3 Å². The van der Waals surface area contributed by atoms with Crippen molar-refractivity contribution in [3.63, 3.8) is 0 Å². The van der Waals surface area contributed by atoms with E-state index in [1.807, 2.05) is 17.5 Å². The Hall–Kier alpha value is -1.47. The fourth-order valence-corrected chi connectivity index (χ4v) is 3.33. The second-order valence-corrected chi connectivity index (χ2v) is 6.18. The van der Waals surface area contributed by atoms with E-state index in [9.17, 15) is 18.0 Å². The Balaban J connectivity index is 1.91. The van der Waals surface area contributed by atoms with E-state index in [0.717, 1.165) is 10.9 Å². The van der Waals surface area contributed by atoms with Gasteiger partial charge in [-0.25, -0.2) is 0 Å². The molecule has 1 N–H and O–H groups in total. The smallest absolute Gasteiger partial charge is 0.325 e. The molecular weight excluding hydrogens is 319 g/mol. The molecule has 0 saturated heterocycles. The number of rotatable bonds is 5. The number of alkyl halides is 3. The zero-order chi connectivity index (χ0) is 15.3. The third-order valence-corrected chi connectivity index (χ3v) is 4.60. The molecule has 1 aromatic carbocycles. The zero-order valence-corrected chi connectivity index (χ0v) is 12.4. The third-order valence-electron chi connectivity index (χ3n) is 2.56. The normalized spacial score (nSPS) is 11.4. The Bertz CT molecular complexity index is 597. The van der Waals surface area contributed by atoms with Crippen molar-refractivity contribution in [2.24, 2.45) is 0 Å². The van der Waals surface area contributed by atoms with E-state index in [2.05, 4.69) is 5.32 Å². The molecule has 1 heterocycles. The molecule has 0 unspecified atom stereocenters. The number of thioether (sulfide) groups is 1. The average molecular weight is 331 g/mol. The maximum atomic E-state index is 12.8. The van der Waals surface area contributed by atoms with Crippen molar-refractivity contribution in [3.05, 3.63) is 52.2 Å². The molecule has 0 aliphatic carbocycles. The molecule has 0 radical (unpaired) electrons. The van der Waals surface area contributed by atoms with E-state index in [1.165, 1.54) is 30.0 Å². The fourth-order valence-electron chi connectivity index (χ4n) is 1.66. The quantitative estimate of drug-likeness (QED) is 0.865. The molecule has 2 rings (SSSR count). The Morgan fingerprint density at radius 3 is 2.62 bits per heavy atom. The summed E-state index contributed by atoms with van der Waals surface area (Å²) in [6.07, 6.45) is -4.48. The summed E-state index contributed by atoms with van der Waals surface area (Å²) in [4.78, 5) is 12.9. The Kier molecular flexibility index (Phi) is 5.30. The van der Waals surface area contributed by atoms with Crippen LogP contribution >= 0.6 is 23.1 Å². The summed E-state index contributed by atoms with van der Waals surface area (Å²) >= 11 is 2.95. The first-order chi connectivity index (χ1) is 9.97. The maximum absolute atomic E-state index is 12.8. The number of benzene rings is 1. The zero-order valence-electron chi connectivity index (χ0n) is 10.8. The van der Waals surface area contributed by atoms with Crippen LogP contribution in [-0.2, 0) is 16.7 Å². The van der Waals surface area contributed by atoms with Crippen LogP contribution in [0.25, 0.3) is 0 Å². The lowest BCUT2D eigenvalue weighted by Crippen LogP contribution is -2.18. The summed E-state index contributed by atoms with van der Waals surface area (Å²) in [6.45, 7) is 0. The molecule has 21 heavy (non-hydrogen) atoms. The highest BCUT2D eigenvalue weighted by atomic mass is 32.2. The number of amides is 1. The third kappa shape index (κ3) is 4.78. The van der Waals surface area contributed by atoms with Crippen molar-refractivity contribution in [2.45, 2.75) is 11.9 Å².